The van der Waals surface area contributed by atoms with Crippen molar-refractivity contribution in [2.24, 2.45) is 7.05 Å². The third kappa shape index (κ3) is 2.24. The van der Waals surface area contributed by atoms with Crippen molar-refractivity contribution in [3.05, 3.63) is 42.2 Å². The van der Waals surface area contributed by atoms with E-state index in [9.17, 15) is 0 Å². The quantitative estimate of drug-likeness (QED) is 0.757. The van der Waals surface area contributed by atoms with Gasteiger partial charge in [0.05, 0.1) is 6.33 Å². The van der Waals surface area contributed by atoms with Gasteiger partial charge in [0.15, 0.2) is 11.5 Å². The lowest BCUT2D eigenvalue weighted by Crippen LogP contribution is -2.04. The molecule has 0 atom stereocenters. The van der Waals surface area contributed by atoms with Crippen LogP contribution < -0.4 is 5.73 Å². The molecular weight excluding hydrogens is 240 g/mol. The topological polar surface area (TPSA) is 82.5 Å². The Morgan fingerprint density at radius 3 is 2.95 bits per heavy atom. The first-order chi connectivity index (χ1) is 9.24. The molecule has 2 N–H and O–H groups in total. The van der Waals surface area contributed by atoms with Gasteiger partial charge in [0.2, 0.25) is 0 Å². The van der Waals surface area contributed by atoms with E-state index in [2.05, 4.69) is 19.9 Å². The number of aromatic nitrogens is 5. The minimum Gasteiger partial charge on any atom is -0.382 e. The van der Waals surface area contributed by atoms with Gasteiger partial charge in [-0.1, -0.05) is 6.07 Å². The molecular formula is C13H14N6. The van der Waals surface area contributed by atoms with E-state index in [1.54, 1.807) is 12.5 Å². The van der Waals surface area contributed by atoms with Crippen LogP contribution in [-0.4, -0.2) is 24.5 Å². The Kier molecular flexibility index (Phi) is 2.83. The van der Waals surface area contributed by atoms with Crippen LogP contribution in [0.15, 0.2) is 30.9 Å². The zero-order valence-electron chi connectivity index (χ0n) is 10.6. The number of hydrogen-bond donors (Lipinski definition) is 1. The highest BCUT2D eigenvalue weighted by atomic mass is 15.1. The average molecular weight is 254 g/mol. The minimum absolute atomic E-state index is 0.437. The maximum Gasteiger partial charge on any atom is 0.165 e. The summed E-state index contributed by atoms with van der Waals surface area (Å²) in [6.07, 6.45) is 6.89. The molecule has 0 aliphatic carbocycles. The third-order valence-electron chi connectivity index (χ3n) is 2.99. The second-order valence-corrected chi connectivity index (χ2v) is 4.41. The molecule has 0 amide bonds. The van der Waals surface area contributed by atoms with Crippen LogP contribution in [0.25, 0.3) is 11.2 Å². The molecule has 0 unspecified atom stereocenters. The van der Waals surface area contributed by atoms with Crippen molar-refractivity contribution in [1.29, 1.82) is 0 Å². The maximum atomic E-state index is 5.90. The predicted molar refractivity (Wildman–Crippen MR) is 72.4 cm³/mol. The van der Waals surface area contributed by atoms with Gasteiger partial charge in [-0.15, -0.1) is 0 Å². The molecule has 0 saturated heterocycles. The Morgan fingerprint density at radius 1 is 1.26 bits per heavy atom. The van der Waals surface area contributed by atoms with Gasteiger partial charge < -0.3 is 10.3 Å². The number of nitrogens with zero attached hydrogens (tertiary/aromatic N) is 5. The van der Waals surface area contributed by atoms with E-state index in [4.69, 9.17) is 5.73 Å². The van der Waals surface area contributed by atoms with Crippen molar-refractivity contribution in [3.8, 4) is 0 Å². The minimum atomic E-state index is 0.437. The molecule has 3 heterocycles. The average Bonchev–Trinajstić information content (AvgIpc) is 2.80. The summed E-state index contributed by atoms with van der Waals surface area (Å²) in [6, 6.07) is 3.97. The van der Waals surface area contributed by atoms with Gasteiger partial charge in [0, 0.05) is 25.9 Å². The second kappa shape index (κ2) is 4.64. The van der Waals surface area contributed by atoms with Crippen LogP contribution in [0.1, 0.15) is 11.4 Å². The summed E-state index contributed by atoms with van der Waals surface area (Å²) in [7, 11) is 1.90. The first kappa shape index (κ1) is 11.6. The van der Waals surface area contributed by atoms with E-state index < -0.39 is 0 Å². The number of hydrogen-bond acceptors (Lipinski definition) is 5. The summed E-state index contributed by atoms with van der Waals surface area (Å²) in [4.78, 5) is 17.1. The SMILES string of the molecule is Cn1cnc2c(N)nc(CCc3cccnc3)nc21. The van der Waals surface area contributed by atoms with Crippen LogP contribution >= 0.6 is 0 Å². The first-order valence-corrected chi connectivity index (χ1v) is 6.06. The van der Waals surface area contributed by atoms with Crippen LogP contribution in [-0.2, 0) is 19.9 Å². The number of nitrogen functional groups attached to an aromatic ring is 1. The molecule has 3 rings (SSSR count). The van der Waals surface area contributed by atoms with Gasteiger partial charge in [0.25, 0.3) is 0 Å². The molecule has 0 spiro atoms. The Hall–Kier alpha value is -2.50. The van der Waals surface area contributed by atoms with Gasteiger partial charge in [-0.05, 0) is 18.1 Å². The van der Waals surface area contributed by atoms with E-state index in [0.29, 0.717) is 11.3 Å². The van der Waals surface area contributed by atoms with E-state index in [1.165, 1.54) is 0 Å². The van der Waals surface area contributed by atoms with Crippen LogP contribution in [0, 0.1) is 0 Å². The number of rotatable bonds is 3. The predicted octanol–water partition coefficient (Wildman–Crippen LogP) is 1.13. The molecule has 0 aliphatic rings. The van der Waals surface area contributed by atoms with Crippen molar-refractivity contribution >= 4 is 17.0 Å². The lowest BCUT2D eigenvalue weighted by atomic mass is 10.1. The molecule has 0 aromatic carbocycles. The van der Waals surface area contributed by atoms with Gasteiger partial charge >= 0.3 is 0 Å². The van der Waals surface area contributed by atoms with Crippen LogP contribution in [0.5, 0.6) is 0 Å². The molecule has 6 nitrogen and oxygen atoms in total. The highest BCUT2D eigenvalue weighted by molar-refractivity contribution is 5.81. The van der Waals surface area contributed by atoms with Crippen LogP contribution in [0.3, 0.4) is 0 Å². The fourth-order valence-electron chi connectivity index (χ4n) is 1.99. The molecule has 0 radical (unpaired) electrons. The molecule has 19 heavy (non-hydrogen) atoms. The second-order valence-electron chi connectivity index (χ2n) is 4.41. The number of nitrogens with two attached hydrogens (primary N) is 1. The maximum absolute atomic E-state index is 5.90. The first-order valence-electron chi connectivity index (χ1n) is 6.06. The van der Waals surface area contributed by atoms with Crippen molar-refractivity contribution in [2.75, 3.05) is 5.73 Å². The number of aryl methyl sites for hydroxylation is 3. The lowest BCUT2D eigenvalue weighted by molar-refractivity contribution is 0.850. The summed E-state index contributed by atoms with van der Waals surface area (Å²) in [5.41, 5.74) is 8.49. The lowest BCUT2D eigenvalue weighted by Gasteiger charge is -2.03. The van der Waals surface area contributed by atoms with Gasteiger partial charge in [-0.2, -0.15) is 0 Å². The Labute approximate surface area is 110 Å². The molecule has 96 valence electrons. The summed E-state index contributed by atoms with van der Waals surface area (Å²) >= 11 is 0. The van der Waals surface area contributed by atoms with Crippen molar-refractivity contribution in [1.82, 2.24) is 24.5 Å². The monoisotopic (exact) mass is 254 g/mol. The van der Waals surface area contributed by atoms with Crippen molar-refractivity contribution in [2.45, 2.75) is 12.8 Å². The van der Waals surface area contributed by atoms with Gasteiger partial charge in [0.1, 0.15) is 11.3 Å². The van der Waals surface area contributed by atoms with Crippen molar-refractivity contribution in [3.63, 3.8) is 0 Å². The highest BCUT2D eigenvalue weighted by Crippen LogP contribution is 2.15. The third-order valence-corrected chi connectivity index (χ3v) is 2.99. The molecule has 6 heteroatoms. The molecule has 0 aliphatic heterocycles. The van der Waals surface area contributed by atoms with E-state index in [1.807, 2.05) is 29.9 Å². The molecule has 0 fully saturated rings. The zero-order chi connectivity index (χ0) is 13.2. The van der Waals surface area contributed by atoms with Crippen molar-refractivity contribution < 1.29 is 0 Å². The molecule has 0 saturated carbocycles. The Morgan fingerprint density at radius 2 is 2.16 bits per heavy atom. The number of pyridine rings is 1. The Bertz CT molecular complexity index is 704. The van der Waals surface area contributed by atoms with Gasteiger partial charge in [-0.25, -0.2) is 15.0 Å². The normalized spacial score (nSPS) is 11.0. The van der Waals surface area contributed by atoms with Crippen LogP contribution in [0.2, 0.25) is 0 Å². The zero-order valence-corrected chi connectivity index (χ0v) is 10.6. The Balaban J connectivity index is 1.87. The van der Waals surface area contributed by atoms with E-state index in [0.717, 1.165) is 29.9 Å². The fraction of sp³-hybridized carbons (Fsp3) is 0.231. The van der Waals surface area contributed by atoms with Gasteiger partial charge in [-0.3, -0.25) is 4.98 Å². The summed E-state index contributed by atoms with van der Waals surface area (Å²) in [5.74, 6) is 1.17. The molecule has 3 aromatic rings. The smallest absolute Gasteiger partial charge is 0.165 e. The number of imidazole rings is 1. The molecule has 0 bridgehead atoms. The number of anilines is 1. The summed E-state index contributed by atoms with van der Waals surface area (Å²) < 4.78 is 1.85. The summed E-state index contributed by atoms with van der Waals surface area (Å²) in [6.45, 7) is 0. The number of fused-ring (bicyclic) bond motifs is 1. The van der Waals surface area contributed by atoms with E-state index >= 15 is 0 Å². The standard InChI is InChI=1S/C13H14N6/c1-19-8-16-11-12(14)17-10(18-13(11)19)5-4-9-3-2-6-15-7-9/h2-3,6-8H,4-5H2,1H3,(H2,14,17,18). The largest absolute Gasteiger partial charge is 0.382 e. The van der Waals surface area contributed by atoms with Crippen LogP contribution in [0.4, 0.5) is 5.82 Å². The van der Waals surface area contributed by atoms with E-state index in [-0.39, 0.29) is 0 Å². The summed E-state index contributed by atoms with van der Waals surface area (Å²) in [5, 5.41) is 0. The fourth-order valence-corrected chi connectivity index (χ4v) is 1.99. The molecule has 3 aromatic heterocycles. The highest BCUT2D eigenvalue weighted by Gasteiger charge is 2.09.